The van der Waals surface area contributed by atoms with Gasteiger partial charge in [0.25, 0.3) is 0 Å². The number of hydrogen-bond acceptors (Lipinski definition) is 5. The fourth-order valence-electron chi connectivity index (χ4n) is 3.13. The Labute approximate surface area is 128 Å². The lowest BCUT2D eigenvalue weighted by molar-refractivity contribution is -0.147. The van der Waals surface area contributed by atoms with Crippen molar-refractivity contribution < 1.29 is 19.4 Å². The molecular formula is C15H21NO4S. The number of hydrogen-bond donors (Lipinski definition) is 2. The maximum Gasteiger partial charge on any atom is 0.323 e. The van der Waals surface area contributed by atoms with Crippen molar-refractivity contribution in [3.05, 3.63) is 22.4 Å². The molecule has 1 fully saturated rings. The summed E-state index contributed by atoms with van der Waals surface area (Å²) in [7, 11) is 1.34. The van der Waals surface area contributed by atoms with Crippen LogP contribution >= 0.6 is 11.3 Å². The summed E-state index contributed by atoms with van der Waals surface area (Å²) in [5, 5.41) is 14.8. The van der Waals surface area contributed by atoms with Crippen molar-refractivity contribution in [3.8, 4) is 0 Å². The molecule has 116 valence electrons. The van der Waals surface area contributed by atoms with Gasteiger partial charge in [0, 0.05) is 4.88 Å². The van der Waals surface area contributed by atoms with E-state index in [2.05, 4.69) is 5.32 Å². The van der Waals surface area contributed by atoms with Gasteiger partial charge in [0.05, 0.1) is 19.1 Å². The second kappa shape index (κ2) is 6.15. The van der Waals surface area contributed by atoms with Crippen LogP contribution in [0.5, 0.6) is 0 Å². The van der Waals surface area contributed by atoms with Gasteiger partial charge in [0.1, 0.15) is 5.54 Å². The number of carboxylic acids is 1. The van der Waals surface area contributed by atoms with Gasteiger partial charge in [-0.25, -0.2) is 0 Å². The van der Waals surface area contributed by atoms with E-state index in [1.807, 2.05) is 31.4 Å². The van der Waals surface area contributed by atoms with Crippen LogP contribution in [0.2, 0.25) is 0 Å². The molecule has 2 N–H and O–H groups in total. The molecule has 3 atom stereocenters. The Morgan fingerprint density at radius 1 is 1.57 bits per heavy atom. The molecular weight excluding hydrogens is 290 g/mol. The highest BCUT2D eigenvalue weighted by Gasteiger charge is 2.53. The zero-order valence-corrected chi connectivity index (χ0v) is 13.3. The van der Waals surface area contributed by atoms with Crippen molar-refractivity contribution in [1.82, 2.24) is 5.32 Å². The number of carbonyl (C=O) groups is 2. The van der Waals surface area contributed by atoms with Crippen LogP contribution in [-0.2, 0) is 14.3 Å². The lowest BCUT2D eigenvalue weighted by atomic mass is 9.84. The summed E-state index contributed by atoms with van der Waals surface area (Å²) in [5.74, 6) is -1.51. The van der Waals surface area contributed by atoms with Crippen LogP contribution in [0.3, 0.4) is 0 Å². The third kappa shape index (κ3) is 3.11. The number of ether oxygens (including phenoxy) is 1. The van der Waals surface area contributed by atoms with Crippen molar-refractivity contribution in [2.45, 2.75) is 38.3 Å². The van der Waals surface area contributed by atoms with Crippen molar-refractivity contribution in [2.24, 2.45) is 11.8 Å². The van der Waals surface area contributed by atoms with E-state index in [4.69, 9.17) is 4.74 Å². The Balaban J connectivity index is 2.36. The molecule has 1 aromatic heterocycles. The number of rotatable bonds is 5. The van der Waals surface area contributed by atoms with Crippen LogP contribution < -0.4 is 5.32 Å². The molecule has 0 spiro atoms. The maximum absolute atomic E-state index is 12.1. The van der Waals surface area contributed by atoms with E-state index in [1.54, 1.807) is 0 Å². The number of nitrogens with one attached hydrogen (secondary N) is 1. The molecule has 1 aromatic rings. The van der Waals surface area contributed by atoms with Crippen LogP contribution in [0, 0.1) is 11.8 Å². The third-order valence-corrected chi connectivity index (χ3v) is 4.88. The molecule has 5 nitrogen and oxygen atoms in total. The van der Waals surface area contributed by atoms with Gasteiger partial charge in [-0.05, 0) is 30.2 Å². The second-order valence-electron chi connectivity index (χ2n) is 5.96. The molecule has 1 aliphatic heterocycles. The van der Waals surface area contributed by atoms with E-state index in [-0.39, 0.29) is 24.3 Å². The summed E-state index contributed by atoms with van der Waals surface area (Å²) in [6.45, 7) is 3.97. The smallest absolute Gasteiger partial charge is 0.323 e. The SMILES string of the molecule is COC(=O)C1CC(CC(C)C)(C(=O)O)NC1c1cccs1. The second-order valence-corrected chi connectivity index (χ2v) is 6.94. The van der Waals surface area contributed by atoms with Crippen molar-refractivity contribution >= 4 is 23.3 Å². The zero-order chi connectivity index (χ0) is 15.6. The Kier molecular flexibility index (Phi) is 4.68. The molecule has 1 aliphatic rings. The fourth-order valence-corrected chi connectivity index (χ4v) is 3.98. The van der Waals surface area contributed by atoms with Crippen LogP contribution in [0.1, 0.15) is 37.6 Å². The van der Waals surface area contributed by atoms with Gasteiger partial charge in [-0.15, -0.1) is 11.3 Å². The molecule has 0 aliphatic carbocycles. The highest BCUT2D eigenvalue weighted by Crippen LogP contribution is 2.43. The van der Waals surface area contributed by atoms with Gasteiger partial charge in [-0.3, -0.25) is 14.9 Å². The number of carboxylic acid groups (broad SMARTS) is 1. The molecule has 0 radical (unpaired) electrons. The topological polar surface area (TPSA) is 75.6 Å². The quantitative estimate of drug-likeness (QED) is 0.817. The monoisotopic (exact) mass is 311 g/mol. The van der Waals surface area contributed by atoms with Crippen molar-refractivity contribution in [3.63, 3.8) is 0 Å². The average molecular weight is 311 g/mol. The van der Waals surface area contributed by atoms with Gasteiger partial charge in [-0.1, -0.05) is 19.9 Å². The van der Waals surface area contributed by atoms with Crippen molar-refractivity contribution in [1.29, 1.82) is 0 Å². The minimum atomic E-state index is -1.07. The lowest BCUT2D eigenvalue weighted by Gasteiger charge is -2.27. The summed E-state index contributed by atoms with van der Waals surface area (Å²) in [6.07, 6.45) is 0.744. The highest BCUT2D eigenvalue weighted by molar-refractivity contribution is 7.10. The van der Waals surface area contributed by atoms with Crippen LogP contribution in [0.15, 0.2) is 17.5 Å². The van der Waals surface area contributed by atoms with Gasteiger partial charge in [0.2, 0.25) is 0 Å². The highest BCUT2D eigenvalue weighted by atomic mass is 32.1. The first-order valence-electron chi connectivity index (χ1n) is 7.02. The largest absolute Gasteiger partial charge is 0.480 e. The summed E-state index contributed by atoms with van der Waals surface area (Å²) in [4.78, 5) is 24.9. The van der Waals surface area contributed by atoms with Crippen LogP contribution in [-0.4, -0.2) is 29.7 Å². The normalized spacial score (nSPS) is 28.8. The molecule has 0 saturated carbocycles. The Morgan fingerprint density at radius 3 is 2.76 bits per heavy atom. The lowest BCUT2D eigenvalue weighted by Crippen LogP contribution is -2.49. The van der Waals surface area contributed by atoms with E-state index < -0.39 is 17.4 Å². The number of carbonyl (C=O) groups excluding carboxylic acids is 1. The minimum absolute atomic E-state index is 0.217. The first kappa shape index (κ1) is 16.0. The first-order valence-corrected chi connectivity index (χ1v) is 7.90. The Bertz CT molecular complexity index is 514. The van der Waals surface area contributed by atoms with Crippen LogP contribution in [0.25, 0.3) is 0 Å². The van der Waals surface area contributed by atoms with E-state index >= 15 is 0 Å². The summed E-state index contributed by atoms with van der Waals surface area (Å²) >= 11 is 1.52. The van der Waals surface area contributed by atoms with E-state index in [9.17, 15) is 14.7 Å². The molecule has 2 rings (SSSR count). The van der Waals surface area contributed by atoms with E-state index in [1.165, 1.54) is 18.4 Å². The fraction of sp³-hybridized carbons (Fsp3) is 0.600. The molecule has 0 bridgehead atoms. The summed E-state index contributed by atoms with van der Waals surface area (Å²) in [6, 6.07) is 3.53. The third-order valence-electron chi connectivity index (χ3n) is 3.92. The standard InChI is InChI=1S/C15H21NO4S/c1-9(2)7-15(14(18)19)8-10(13(17)20-3)12(16-15)11-5-4-6-21-11/h4-6,9-10,12,16H,7-8H2,1-3H3,(H,18,19). The average Bonchev–Trinajstić information content (AvgIpc) is 3.04. The molecule has 1 saturated heterocycles. The number of methoxy groups -OCH3 is 1. The Hall–Kier alpha value is -1.40. The summed E-state index contributed by atoms with van der Waals surface area (Å²) < 4.78 is 4.87. The number of thiophene rings is 1. The molecule has 0 amide bonds. The van der Waals surface area contributed by atoms with Crippen LogP contribution in [0.4, 0.5) is 0 Å². The van der Waals surface area contributed by atoms with Crippen molar-refractivity contribution in [2.75, 3.05) is 7.11 Å². The number of aliphatic carboxylic acids is 1. The molecule has 0 aromatic carbocycles. The number of esters is 1. The maximum atomic E-state index is 12.1. The molecule has 21 heavy (non-hydrogen) atoms. The predicted octanol–water partition coefficient (Wildman–Crippen LogP) is 2.44. The predicted molar refractivity (Wildman–Crippen MR) is 80.1 cm³/mol. The van der Waals surface area contributed by atoms with E-state index in [0.29, 0.717) is 6.42 Å². The van der Waals surface area contributed by atoms with Gasteiger partial charge < -0.3 is 9.84 Å². The Morgan fingerprint density at radius 2 is 2.29 bits per heavy atom. The molecule has 6 heteroatoms. The molecule has 2 heterocycles. The minimum Gasteiger partial charge on any atom is -0.480 e. The first-order chi connectivity index (χ1) is 9.89. The summed E-state index contributed by atoms with van der Waals surface area (Å²) in [5.41, 5.74) is -1.07. The van der Waals surface area contributed by atoms with E-state index in [0.717, 1.165) is 4.88 Å². The molecule has 3 unspecified atom stereocenters. The zero-order valence-electron chi connectivity index (χ0n) is 12.5. The van der Waals surface area contributed by atoms with Gasteiger partial charge >= 0.3 is 11.9 Å². The van der Waals surface area contributed by atoms with Gasteiger partial charge in [-0.2, -0.15) is 0 Å². The van der Waals surface area contributed by atoms with Gasteiger partial charge in [0.15, 0.2) is 0 Å².